The molecule has 20 heavy (non-hydrogen) atoms. The first-order valence-corrected chi connectivity index (χ1v) is 7.91. The molecule has 108 valence electrons. The molecular weight excluding hydrogens is 369 g/mol. The van der Waals surface area contributed by atoms with Gasteiger partial charge in [0.25, 0.3) is 5.91 Å². The summed E-state index contributed by atoms with van der Waals surface area (Å²) in [6.07, 6.45) is 2.77. The Balaban J connectivity index is 1.87. The van der Waals surface area contributed by atoms with Crippen molar-refractivity contribution in [3.8, 4) is 0 Å². The van der Waals surface area contributed by atoms with Crippen LogP contribution >= 0.6 is 22.6 Å². The molecular formula is C15H18INO3. The number of likely N-dealkylation sites (tertiary alicyclic amines) is 1. The van der Waals surface area contributed by atoms with Crippen molar-refractivity contribution in [1.82, 2.24) is 4.90 Å². The number of benzene rings is 1. The first-order valence-electron chi connectivity index (χ1n) is 6.83. The number of carbonyl (C=O) groups excluding carboxylic acids is 1. The van der Waals surface area contributed by atoms with Crippen molar-refractivity contribution in [2.24, 2.45) is 5.92 Å². The second-order valence-electron chi connectivity index (χ2n) is 5.18. The Morgan fingerprint density at radius 2 is 2.00 bits per heavy atom. The van der Waals surface area contributed by atoms with Crippen molar-refractivity contribution in [3.05, 3.63) is 33.4 Å². The van der Waals surface area contributed by atoms with E-state index in [1.54, 1.807) is 0 Å². The highest BCUT2D eigenvalue weighted by molar-refractivity contribution is 14.1. The summed E-state index contributed by atoms with van der Waals surface area (Å²) in [5.41, 5.74) is 0.737. The zero-order valence-electron chi connectivity index (χ0n) is 11.2. The largest absolute Gasteiger partial charge is 0.481 e. The number of rotatable bonds is 4. The van der Waals surface area contributed by atoms with Crippen molar-refractivity contribution in [2.75, 3.05) is 13.1 Å². The van der Waals surface area contributed by atoms with Gasteiger partial charge in [-0.25, -0.2) is 0 Å². The maximum Gasteiger partial charge on any atom is 0.303 e. The molecule has 0 aliphatic carbocycles. The highest BCUT2D eigenvalue weighted by Crippen LogP contribution is 2.23. The van der Waals surface area contributed by atoms with E-state index in [1.165, 1.54) is 0 Å². The maximum absolute atomic E-state index is 12.4. The number of carboxylic acid groups (broad SMARTS) is 1. The van der Waals surface area contributed by atoms with Gasteiger partial charge in [-0.1, -0.05) is 6.07 Å². The third-order valence-corrected chi connectivity index (χ3v) is 4.41. The first kappa shape index (κ1) is 15.3. The van der Waals surface area contributed by atoms with Crippen molar-refractivity contribution in [2.45, 2.75) is 25.7 Å². The summed E-state index contributed by atoms with van der Waals surface area (Å²) in [4.78, 5) is 24.8. The summed E-state index contributed by atoms with van der Waals surface area (Å²) >= 11 is 2.20. The summed E-state index contributed by atoms with van der Waals surface area (Å²) in [5.74, 6) is -0.214. The Morgan fingerprint density at radius 3 is 2.60 bits per heavy atom. The van der Waals surface area contributed by atoms with E-state index >= 15 is 0 Å². The van der Waals surface area contributed by atoms with Crippen LogP contribution in [0.4, 0.5) is 0 Å². The average molecular weight is 387 g/mol. The van der Waals surface area contributed by atoms with E-state index in [-0.39, 0.29) is 12.3 Å². The number of hydrogen-bond donors (Lipinski definition) is 1. The number of piperidine rings is 1. The van der Waals surface area contributed by atoms with Crippen LogP contribution in [0, 0.1) is 9.49 Å². The Bertz CT molecular complexity index is 496. The van der Waals surface area contributed by atoms with Crippen molar-refractivity contribution in [1.29, 1.82) is 0 Å². The highest BCUT2D eigenvalue weighted by atomic mass is 127. The molecule has 1 heterocycles. The van der Waals surface area contributed by atoms with Crippen LogP contribution in [-0.2, 0) is 4.79 Å². The zero-order chi connectivity index (χ0) is 14.5. The summed E-state index contributed by atoms with van der Waals surface area (Å²) < 4.78 is 1.06. The Labute approximate surface area is 132 Å². The van der Waals surface area contributed by atoms with Gasteiger partial charge < -0.3 is 10.0 Å². The van der Waals surface area contributed by atoms with E-state index in [0.717, 1.165) is 41.5 Å². The molecule has 0 radical (unpaired) electrons. The molecule has 1 aliphatic heterocycles. The molecule has 0 atom stereocenters. The molecule has 0 spiro atoms. The number of carboxylic acids is 1. The van der Waals surface area contributed by atoms with Crippen LogP contribution < -0.4 is 0 Å². The molecule has 0 unspecified atom stereocenters. The van der Waals surface area contributed by atoms with E-state index in [2.05, 4.69) is 22.6 Å². The lowest BCUT2D eigenvalue weighted by molar-refractivity contribution is -0.137. The van der Waals surface area contributed by atoms with Gasteiger partial charge in [0.1, 0.15) is 0 Å². The SMILES string of the molecule is O=C(O)CCC1CCN(C(=O)c2cccc(I)c2)CC1. The smallest absolute Gasteiger partial charge is 0.303 e. The molecule has 1 aromatic carbocycles. The van der Waals surface area contributed by atoms with E-state index in [9.17, 15) is 9.59 Å². The van der Waals surface area contributed by atoms with E-state index < -0.39 is 5.97 Å². The van der Waals surface area contributed by atoms with Crippen LogP contribution in [0.5, 0.6) is 0 Å². The minimum atomic E-state index is -0.734. The fraction of sp³-hybridized carbons (Fsp3) is 0.467. The molecule has 1 saturated heterocycles. The minimum absolute atomic E-state index is 0.0835. The number of nitrogens with zero attached hydrogens (tertiary/aromatic N) is 1. The topological polar surface area (TPSA) is 57.6 Å². The van der Waals surface area contributed by atoms with Gasteiger partial charge in [-0.05, 0) is 66.0 Å². The van der Waals surface area contributed by atoms with Gasteiger partial charge in [0, 0.05) is 28.6 Å². The Kier molecular flexibility index (Phi) is 5.39. The zero-order valence-corrected chi connectivity index (χ0v) is 13.4. The number of carbonyl (C=O) groups is 2. The molecule has 5 heteroatoms. The van der Waals surface area contributed by atoms with Crippen molar-refractivity contribution < 1.29 is 14.7 Å². The lowest BCUT2D eigenvalue weighted by Crippen LogP contribution is -2.38. The van der Waals surface area contributed by atoms with Gasteiger partial charge in [-0.3, -0.25) is 9.59 Å². The van der Waals surface area contributed by atoms with Gasteiger partial charge in [0.05, 0.1) is 0 Å². The molecule has 0 saturated carbocycles. The monoisotopic (exact) mass is 387 g/mol. The number of hydrogen-bond acceptors (Lipinski definition) is 2. The number of amides is 1. The fourth-order valence-corrected chi connectivity index (χ4v) is 3.10. The van der Waals surface area contributed by atoms with E-state index in [0.29, 0.717) is 5.92 Å². The molecule has 0 aromatic heterocycles. The van der Waals surface area contributed by atoms with Gasteiger partial charge >= 0.3 is 5.97 Å². The molecule has 1 N–H and O–H groups in total. The summed E-state index contributed by atoms with van der Waals surface area (Å²) in [6, 6.07) is 7.62. The molecule has 2 rings (SSSR count). The van der Waals surface area contributed by atoms with Crippen LogP contribution in [-0.4, -0.2) is 35.0 Å². The third kappa shape index (κ3) is 4.19. The van der Waals surface area contributed by atoms with Gasteiger partial charge in [-0.2, -0.15) is 0 Å². The minimum Gasteiger partial charge on any atom is -0.481 e. The Morgan fingerprint density at radius 1 is 1.30 bits per heavy atom. The highest BCUT2D eigenvalue weighted by Gasteiger charge is 2.23. The second kappa shape index (κ2) is 7.06. The molecule has 1 amide bonds. The summed E-state index contributed by atoms with van der Waals surface area (Å²) in [6.45, 7) is 1.46. The average Bonchev–Trinajstić information content (AvgIpc) is 2.45. The van der Waals surface area contributed by atoms with Crippen LogP contribution in [0.15, 0.2) is 24.3 Å². The van der Waals surface area contributed by atoms with Crippen LogP contribution in [0.3, 0.4) is 0 Å². The lowest BCUT2D eigenvalue weighted by atomic mass is 9.92. The van der Waals surface area contributed by atoms with Crippen LogP contribution in [0.1, 0.15) is 36.0 Å². The number of aliphatic carboxylic acids is 1. The molecule has 1 aromatic rings. The molecule has 0 bridgehead atoms. The second-order valence-corrected chi connectivity index (χ2v) is 6.42. The summed E-state index contributed by atoms with van der Waals surface area (Å²) in [5, 5.41) is 8.69. The van der Waals surface area contributed by atoms with Crippen molar-refractivity contribution in [3.63, 3.8) is 0 Å². The number of halogens is 1. The Hall–Kier alpha value is -1.11. The van der Waals surface area contributed by atoms with E-state index in [4.69, 9.17) is 5.11 Å². The fourth-order valence-electron chi connectivity index (χ4n) is 2.56. The van der Waals surface area contributed by atoms with E-state index in [1.807, 2.05) is 29.2 Å². The molecule has 1 fully saturated rings. The van der Waals surface area contributed by atoms with Gasteiger partial charge in [0.15, 0.2) is 0 Å². The van der Waals surface area contributed by atoms with Gasteiger partial charge in [0.2, 0.25) is 0 Å². The van der Waals surface area contributed by atoms with Gasteiger partial charge in [-0.15, -0.1) is 0 Å². The van der Waals surface area contributed by atoms with Crippen molar-refractivity contribution >= 4 is 34.5 Å². The predicted molar refractivity (Wildman–Crippen MR) is 84.7 cm³/mol. The lowest BCUT2D eigenvalue weighted by Gasteiger charge is -2.32. The predicted octanol–water partition coefficient (Wildman–Crippen LogP) is 3.01. The molecule has 4 nitrogen and oxygen atoms in total. The maximum atomic E-state index is 12.4. The first-order chi connectivity index (χ1) is 9.56. The quantitative estimate of drug-likeness (QED) is 0.809. The third-order valence-electron chi connectivity index (χ3n) is 3.74. The standard InChI is InChI=1S/C15H18INO3/c16-13-3-1-2-12(10-13)15(20)17-8-6-11(7-9-17)4-5-14(18)19/h1-3,10-11H,4-9H2,(H,18,19). The van der Waals surface area contributed by atoms with Crippen LogP contribution in [0.2, 0.25) is 0 Å². The van der Waals surface area contributed by atoms with Crippen LogP contribution in [0.25, 0.3) is 0 Å². The normalized spacial score (nSPS) is 16.1. The molecule has 1 aliphatic rings. The summed E-state index contributed by atoms with van der Waals surface area (Å²) in [7, 11) is 0.